The number of likely N-dealkylation sites (N-methyl/N-ethyl adjacent to an activating group) is 1. The molecule has 0 aromatic heterocycles. The van der Waals surface area contributed by atoms with Gasteiger partial charge in [-0.3, -0.25) is 9.59 Å². The highest BCUT2D eigenvalue weighted by Crippen LogP contribution is 2.20. The molecule has 97 heavy (non-hydrogen) atoms. The second-order valence-corrected chi connectivity index (χ2v) is 30.1. The molecule has 0 fully saturated rings. The van der Waals surface area contributed by atoms with E-state index in [0.717, 1.165) is 57.8 Å². The van der Waals surface area contributed by atoms with E-state index in [4.69, 9.17) is 18.9 Å². The van der Waals surface area contributed by atoms with Crippen molar-refractivity contribution >= 4 is 17.9 Å². The Morgan fingerprint density at radius 1 is 0.309 bits per heavy atom. The Kier molecular flexibility index (Phi) is 76.3. The second-order valence-electron chi connectivity index (χ2n) is 30.1. The normalized spacial score (nSPS) is 12.9. The summed E-state index contributed by atoms with van der Waals surface area (Å²) in [6.45, 7) is 4.80. The molecule has 0 saturated heterocycles. The van der Waals surface area contributed by atoms with Crippen molar-refractivity contribution in [3.05, 3.63) is 60.8 Å². The fraction of sp³-hybridized carbons (Fsp3) is 0.852. The molecule has 0 spiro atoms. The third-order valence-corrected chi connectivity index (χ3v) is 19.2. The minimum absolute atomic E-state index is 0.150. The van der Waals surface area contributed by atoms with Gasteiger partial charge >= 0.3 is 11.9 Å². The number of carboxylic acid groups (broad SMARTS) is 1. The molecule has 2 unspecified atom stereocenters. The number of allylic oxidation sites excluding steroid dienone is 10. The summed E-state index contributed by atoms with van der Waals surface area (Å²) in [7, 11) is 5.95. The van der Waals surface area contributed by atoms with Crippen molar-refractivity contribution in [2.45, 2.75) is 437 Å². The SMILES string of the molecule is CCCCCCC/C=C\C/C=C\C/C=C\CCCCCCCCCCCCCCCCCCCCCCCCC(=O)OC(COC(=O)CCCCCCCCCCCCCCCCCCCCCCCCC/C=C\C/C=C\CCCCCCC)COC(OCC[N+](C)(C)C)C(=O)[O-]. The number of hydrogen-bond donors (Lipinski definition) is 0. The van der Waals surface area contributed by atoms with Gasteiger partial charge < -0.3 is 33.3 Å². The van der Waals surface area contributed by atoms with Crippen LogP contribution in [0, 0.1) is 0 Å². The first-order chi connectivity index (χ1) is 47.6. The first-order valence-corrected chi connectivity index (χ1v) is 42.4. The van der Waals surface area contributed by atoms with E-state index in [1.54, 1.807) is 0 Å². The van der Waals surface area contributed by atoms with Crippen molar-refractivity contribution in [1.29, 1.82) is 0 Å². The van der Waals surface area contributed by atoms with Gasteiger partial charge in [0.1, 0.15) is 13.2 Å². The molecule has 9 nitrogen and oxygen atoms in total. The quantitative estimate of drug-likeness (QED) is 0.0195. The van der Waals surface area contributed by atoms with Gasteiger partial charge in [-0.25, -0.2) is 0 Å². The van der Waals surface area contributed by atoms with Crippen LogP contribution in [0.3, 0.4) is 0 Å². The van der Waals surface area contributed by atoms with Gasteiger partial charge in [0.25, 0.3) is 0 Å². The van der Waals surface area contributed by atoms with Crippen LogP contribution in [-0.2, 0) is 33.3 Å². The van der Waals surface area contributed by atoms with Gasteiger partial charge in [0.15, 0.2) is 12.4 Å². The zero-order chi connectivity index (χ0) is 70.4. The van der Waals surface area contributed by atoms with E-state index in [2.05, 4.69) is 74.6 Å². The molecule has 9 heteroatoms. The largest absolute Gasteiger partial charge is 0.545 e. The van der Waals surface area contributed by atoms with Crippen LogP contribution < -0.4 is 5.11 Å². The summed E-state index contributed by atoms with van der Waals surface area (Å²) in [6.07, 6.45) is 102. The number of rotatable bonds is 80. The van der Waals surface area contributed by atoms with E-state index in [1.165, 1.54) is 340 Å². The Hall–Kier alpha value is -3.01. The summed E-state index contributed by atoms with van der Waals surface area (Å²) in [6, 6.07) is 0. The van der Waals surface area contributed by atoms with Gasteiger partial charge in [-0.2, -0.15) is 0 Å². The maximum atomic E-state index is 13.0. The molecular formula is C88H163NO8. The number of esters is 2. The molecule has 0 aromatic carbocycles. The smallest absolute Gasteiger partial charge is 0.306 e. The average molecular weight is 1360 g/mol. The van der Waals surface area contributed by atoms with Crippen LogP contribution in [-0.4, -0.2) is 82.3 Å². The average Bonchev–Trinajstić information content (AvgIpc) is 3.11. The molecule has 0 aliphatic carbocycles. The number of carbonyl (C=O) groups excluding carboxylic acids is 3. The van der Waals surface area contributed by atoms with Crippen LogP contribution in [0.15, 0.2) is 60.8 Å². The maximum Gasteiger partial charge on any atom is 0.306 e. The van der Waals surface area contributed by atoms with Crippen LogP contribution in [0.4, 0.5) is 0 Å². The minimum Gasteiger partial charge on any atom is -0.545 e. The Morgan fingerprint density at radius 2 is 0.557 bits per heavy atom. The lowest BCUT2D eigenvalue weighted by Gasteiger charge is -2.26. The first-order valence-electron chi connectivity index (χ1n) is 42.4. The summed E-state index contributed by atoms with van der Waals surface area (Å²) < 4.78 is 22.9. The number of aliphatic carboxylic acids is 1. The van der Waals surface area contributed by atoms with Crippen LogP contribution >= 0.6 is 0 Å². The number of nitrogens with zero attached hydrogens (tertiary/aromatic N) is 1. The lowest BCUT2D eigenvalue weighted by Crippen LogP contribution is -2.44. The standard InChI is InChI=1S/C88H163NO8/c1-6-8-10-12-14-16-18-20-22-24-26-28-30-32-34-36-38-40-42-43-45-47-49-51-53-55-57-59-61-63-65-67-69-71-73-75-77-79-86(91)97-84(83-96-88(87(92)93)94-81-80-89(3,4)5)82-95-85(90)78-76-74-72-70-68-66-64-62-60-58-56-54-52-50-48-46-44-41-39-37-35-33-31-29-27-25-23-21-19-17-15-13-11-9-7-2/h18-21,24-27,30,32,84,88H,6-17,22-23,28-29,31,33-83H2,1-5H3/b20-18-,21-19-,26-24-,27-25-,32-30-. The molecule has 2 atom stereocenters. The number of hydrogen-bond acceptors (Lipinski definition) is 8. The van der Waals surface area contributed by atoms with Crippen molar-refractivity contribution < 1.29 is 42.9 Å². The number of carboxylic acids is 1. The number of unbranched alkanes of at least 4 members (excludes halogenated alkanes) is 55. The van der Waals surface area contributed by atoms with E-state index >= 15 is 0 Å². The van der Waals surface area contributed by atoms with E-state index in [-0.39, 0.29) is 32.2 Å². The highest BCUT2D eigenvalue weighted by Gasteiger charge is 2.22. The summed E-state index contributed by atoms with van der Waals surface area (Å²) in [5.41, 5.74) is 0. The Balaban J connectivity index is 3.95. The highest BCUT2D eigenvalue weighted by atomic mass is 16.7. The summed E-state index contributed by atoms with van der Waals surface area (Å²) in [4.78, 5) is 37.6. The Bertz CT molecular complexity index is 1780. The Labute approximate surface area is 603 Å². The Morgan fingerprint density at radius 3 is 0.825 bits per heavy atom. The third kappa shape index (κ3) is 80.2. The fourth-order valence-electron chi connectivity index (χ4n) is 12.8. The van der Waals surface area contributed by atoms with Crippen molar-refractivity contribution in [3.63, 3.8) is 0 Å². The second kappa shape index (κ2) is 78.7. The first kappa shape index (κ1) is 94.0. The summed E-state index contributed by atoms with van der Waals surface area (Å²) in [5.74, 6) is -2.25. The van der Waals surface area contributed by atoms with Gasteiger partial charge in [0.05, 0.1) is 40.3 Å². The molecule has 0 amide bonds. The van der Waals surface area contributed by atoms with Gasteiger partial charge in [-0.1, -0.05) is 389 Å². The van der Waals surface area contributed by atoms with Crippen molar-refractivity contribution in [2.24, 2.45) is 0 Å². The summed E-state index contributed by atoms with van der Waals surface area (Å²) in [5, 5.41) is 11.9. The molecule has 0 saturated carbocycles. The predicted molar refractivity (Wildman–Crippen MR) is 417 cm³/mol. The molecule has 0 aliphatic heterocycles. The topological polar surface area (TPSA) is 111 Å². The van der Waals surface area contributed by atoms with E-state index < -0.39 is 24.3 Å². The minimum atomic E-state index is -1.62. The molecule has 0 radical (unpaired) electrons. The highest BCUT2D eigenvalue weighted by molar-refractivity contribution is 5.70. The van der Waals surface area contributed by atoms with Crippen LogP contribution in [0.5, 0.6) is 0 Å². The zero-order valence-corrected chi connectivity index (χ0v) is 65.2. The third-order valence-electron chi connectivity index (χ3n) is 19.2. The van der Waals surface area contributed by atoms with Crippen molar-refractivity contribution in [3.8, 4) is 0 Å². The molecule has 0 aromatic rings. The van der Waals surface area contributed by atoms with Crippen molar-refractivity contribution in [2.75, 3.05) is 47.5 Å². The van der Waals surface area contributed by atoms with E-state index in [0.29, 0.717) is 17.4 Å². The zero-order valence-electron chi connectivity index (χ0n) is 65.2. The maximum absolute atomic E-state index is 13.0. The predicted octanol–water partition coefficient (Wildman–Crippen LogP) is 26.0. The van der Waals surface area contributed by atoms with Crippen LogP contribution in [0.2, 0.25) is 0 Å². The van der Waals surface area contributed by atoms with E-state index in [9.17, 15) is 19.5 Å². The monoisotopic (exact) mass is 1360 g/mol. The van der Waals surface area contributed by atoms with Gasteiger partial charge in [-0.05, 0) is 83.5 Å². The van der Waals surface area contributed by atoms with E-state index in [1.807, 2.05) is 21.1 Å². The lowest BCUT2D eigenvalue weighted by atomic mass is 10.0. The van der Waals surface area contributed by atoms with Crippen LogP contribution in [0.1, 0.15) is 425 Å². The number of ether oxygens (including phenoxy) is 4. The fourth-order valence-corrected chi connectivity index (χ4v) is 12.8. The molecule has 0 N–H and O–H groups in total. The summed E-state index contributed by atoms with van der Waals surface area (Å²) >= 11 is 0. The molecule has 568 valence electrons. The molecule has 0 heterocycles. The molecule has 0 aliphatic rings. The molecular weight excluding hydrogens is 1200 g/mol. The van der Waals surface area contributed by atoms with Crippen LogP contribution in [0.25, 0.3) is 0 Å². The van der Waals surface area contributed by atoms with Crippen molar-refractivity contribution in [1.82, 2.24) is 0 Å². The van der Waals surface area contributed by atoms with Gasteiger partial charge in [0.2, 0.25) is 0 Å². The van der Waals surface area contributed by atoms with Gasteiger partial charge in [0, 0.05) is 12.8 Å². The molecule has 0 bridgehead atoms. The lowest BCUT2D eigenvalue weighted by molar-refractivity contribution is -0.870. The number of carbonyl (C=O) groups is 3. The molecule has 0 rings (SSSR count). The number of quaternary nitrogens is 1. The van der Waals surface area contributed by atoms with Gasteiger partial charge in [-0.15, -0.1) is 0 Å².